The Morgan fingerprint density at radius 1 is 1.80 bits per heavy atom. The first-order valence-electron chi connectivity index (χ1n) is 2.83. The van der Waals surface area contributed by atoms with E-state index in [2.05, 4.69) is 4.72 Å². The monoisotopic (exact) mass is 165 g/mol. The van der Waals surface area contributed by atoms with Crippen LogP contribution in [0.4, 0.5) is 0 Å². The molecule has 0 aromatic carbocycles. The summed E-state index contributed by atoms with van der Waals surface area (Å²) in [5, 5.41) is 8.26. The van der Waals surface area contributed by atoms with Gasteiger partial charge in [0.15, 0.2) is 0 Å². The number of carboxylic acid groups (broad SMARTS) is 1. The van der Waals surface area contributed by atoms with Gasteiger partial charge >= 0.3 is 5.97 Å². The Bertz CT molecular complexity index is 132. The Balaban J connectivity index is 3.53. The molecule has 0 heterocycles. The molecule has 10 heavy (non-hydrogen) atoms. The van der Waals surface area contributed by atoms with Crippen LogP contribution in [0.2, 0.25) is 0 Å². The van der Waals surface area contributed by atoms with Crippen LogP contribution in [0.15, 0.2) is 0 Å². The van der Waals surface area contributed by atoms with E-state index in [0.29, 0.717) is 0 Å². The Labute approximate surface area is 62.2 Å². The van der Waals surface area contributed by atoms with E-state index in [9.17, 15) is 9.00 Å². The maximum atomic E-state index is 10.4. The minimum absolute atomic E-state index is 0.000417. The molecule has 0 saturated carbocycles. The van der Waals surface area contributed by atoms with Gasteiger partial charge in [-0.2, -0.15) is 0 Å². The summed E-state index contributed by atoms with van der Waals surface area (Å²) in [6.45, 7) is 1.68. The highest BCUT2D eigenvalue weighted by Gasteiger charge is 2.06. The number of aliphatic carboxylic acids is 1. The number of rotatable bonds is 4. The Kier molecular flexibility index (Phi) is 4.22. The molecule has 0 saturated heterocycles. The number of hydrogen-bond acceptors (Lipinski definition) is 2. The van der Waals surface area contributed by atoms with Crippen molar-refractivity contribution in [2.24, 2.45) is 0 Å². The van der Waals surface area contributed by atoms with Crippen LogP contribution in [-0.2, 0) is 15.8 Å². The Hall–Kier alpha value is -0.420. The number of carbonyl (C=O) groups is 1. The SMILES string of the molecule is CC(CC(=O)O)NS(C)=O. The van der Waals surface area contributed by atoms with Gasteiger partial charge in [-0.3, -0.25) is 4.79 Å². The molecule has 5 heteroatoms. The highest BCUT2D eigenvalue weighted by Crippen LogP contribution is 1.89. The van der Waals surface area contributed by atoms with Gasteiger partial charge in [-0.15, -0.1) is 0 Å². The van der Waals surface area contributed by atoms with E-state index in [1.807, 2.05) is 0 Å². The van der Waals surface area contributed by atoms with Crippen LogP contribution < -0.4 is 4.72 Å². The summed E-state index contributed by atoms with van der Waals surface area (Å²) in [6.07, 6.45) is 1.47. The molecule has 2 atom stereocenters. The molecule has 0 amide bonds. The van der Waals surface area contributed by atoms with E-state index in [-0.39, 0.29) is 12.5 Å². The summed E-state index contributed by atoms with van der Waals surface area (Å²) in [5.41, 5.74) is 0. The lowest BCUT2D eigenvalue weighted by Crippen LogP contribution is -2.29. The molecule has 0 bridgehead atoms. The average molecular weight is 165 g/mol. The molecular weight excluding hydrogens is 154 g/mol. The highest BCUT2D eigenvalue weighted by molar-refractivity contribution is 7.82. The number of nitrogens with one attached hydrogen (secondary N) is 1. The molecular formula is C5H11NO3S. The molecule has 0 rings (SSSR count). The van der Waals surface area contributed by atoms with Crippen molar-refractivity contribution >= 4 is 17.0 Å². The summed E-state index contributed by atoms with van der Waals surface area (Å²) in [7, 11) is -1.13. The summed E-state index contributed by atoms with van der Waals surface area (Å²) in [6, 6.07) is -0.233. The molecule has 0 aliphatic rings. The predicted octanol–water partition coefficient (Wildman–Crippen LogP) is -0.267. The Morgan fingerprint density at radius 3 is 2.60 bits per heavy atom. The molecule has 0 spiro atoms. The number of carboxylic acids is 1. The van der Waals surface area contributed by atoms with E-state index < -0.39 is 17.0 Å². The van der Waals surface area contributed by atoms with Crippen molar-refractivity contribution < 1.29 is 14.1 Å². The molecule has 0 aromatic heterocycles. The van der Waals surface area contributed by atoms with Crippen molar-refractivity contribution in [3.63, 3.8) is 0 Å². The summed E-state index contributed by atoms with van der Waals surface area (Å²) >= 11 is 0. The van der Waals surface area contributed by atoms with Crippen LogP contribution in [0.1, 0.15) is 13.3 Å². The van der Waals surface area contributed by atoms with Gasteiger partial charge in [0, 0.05) is 12.3 Å². The van der Waals surface area contributed by atoms with Crippen molar-refractivity contribution in [2.75, 3.05) is 6.26 Å². The molecule has 60 valence electrons. The first-order valence-corrected chi connectivity index (χ1v) is 4.39. The molecule has 0 aliphatic heterocycles. The van der Waals surface area contributed by atoms with Gasteiger partial charge in [-0.1, -0.05) is 0 Å². The van der Waals surface area contributed by atoms with Gasteiger partial charge in [0.05, 0.1) is 17.4 Å². The van der Waals surface area contributed by atoms with Crippen molar-refractivity contribution in [1.82, 2.24) is 4.72 Å². The lowest BCUT2D eigenvalue weighted by Gasteiger charge is -2.06. The summed E-state index contributed by atoms with van der Waals surface area (Å²) < 4.78 is 13.0. The zero-order valence-electron chi connectivity index (χ0n) is 5.96. The van der Waals surface area contributed by atoms with E-state index >= 15 is 0 Å². The minimum Gasteiger partial charge on any atom is -0.481 e. The molecule has 0 aromatic rings. The van der Waals surface area contributed by atoms with Crippen LogP contribution >= 0.6 is 0 Å². The topological polar surface area (TPSA) is 66.4 Å². The fourth-order valence-electron chi connectivity index (χ4n) is 0.587. The van der Waals surface area contributed by atoms with E-state index in [1.165, 1.54) is 6.26 Å². The van der Waals surface area contributed by atoms with Gasteiger partial charge in [0.25, 0.3) is 0 Å². The summed E-state index contributed by atoms with van der Waals surface area (Å²) in [4.78, 5) is 10.1. The quantitative estimate of drug-likeness (QED) is 0.602. The van der Waals surface area contributed by atoms with Crippen molar-refractivity contribution in [3.05, 3.63) is 0 Å². The van der Waals surface area contributed by atoms with E-state index in [1.54, 1.807) is 6.92 Å². The van der Waals surface area contributed by atoms with Gasteiger partial charge in [-0.25, -0.2) is 8.93 Å². The fourth-order valence-corrected chi connectivity index (χ4v) is 1.24. The molecule has 0 fully saturated rings. The molecule has 4 nitrogen and oxygen atoms in total. The van der Waals surface area contributed by atoms with Gasteiger partial charge in [-0.05, 0) is 6.92 Å². The van der Waals surface area contributed by atoms with Gasteiger partial charge in [0.2, 0.25) is 0 Å². The van der Waals surface area contributed by atoms with Crippen LogP contribution in [0.25, 0.3) is 0 Å². The second-order valence-electron chi connectivity index (χ2n) is 2.07. The van der Waals surface area contributed by atoms with Crippen molar-refractivity contribution in [1.29, 1.82) is 0 Å². The summed E-state index contributed by atoms with van der Waals surface area (Å²) in [5.74, 6) is -0.884. The fraction of sp³-hybridized carbons (Fsp3) is 0.800. The highest BCUT2D eigenvalue weighted by atomic mass is 32.2. The zero-order valence-corrected chi connectivity index (χ0v) is 6.77. The normalized spacial score (nSPS) is 16.2. The number of hydrogen-bond donors (Lipinski definition) is 2. The standard InChI is InChI=1S/C5H11NO3S/c1-4(3-5(7)8)6-10(2)9/h4,6H,3H2,1-2H3,(H,7,8). The lowest BCUT2D eigenvalue weighted by molar-refractivity contribution is -0.137. The zero-order chi connectivity index (χ0) is 8.15. The predicted molar refractivity (Wildman–Crippen MR) is 38.9 cm³/mol. The first-order chi connectivity index (χ1) is 4.52. The van der Waals surface area contributed by atoms with E-state index in [0.717, 1.165) is 0 Å². The lowest BCUT2D eigenvalue weighted by atomic mass is 10.3. The minimum atomic E-state index is -1.13. The van der Waals surface area contributed by atoms with Gasteiger partial charge in [0.1, 0.15) is 0 Å². The van der Waals surface area contributed by atoms with Crippen molar-refractivity contribution in [3.8, 4) is 0 Å². The largest absolute Gasteiger partial charge is 0.481 e. The van der Waals surface area contributed by atoms with Crippen LogP contribution in [-0.4, -0.2) is 27.6 Å². The second kappa shape index (κ2) is 4.40. The van der Waals surface area contributed by atoms with Crippen LogP contribution in [0.5, 0.6) is 0 Å². The maximum absolute atomic E-state index is 10.4. The van der Waals surface area contributed by atoms with Crippen molar-refractivity contribution in [2.45, 2.75) is 19.4 Å². The van der Waals surface area contributed by atoms with E-state index in [4.69, 9.17) is 5.11 Å². The maximum Gasteiger partial charge on any atom is 0.304 e. The third-order valence-electron chi connectivity index (χ3n) is 0.848. The van der Waals surface area contributed by atoms with Crippen LogP contribution in [0, 0.1) is 0 Å². The second-order valence-corrected chi connectivity index (χ2v) is 3.21. The first kappa shape index (κ1) is 9.58. The third kappa shape index (κ3) is 5.71. The van der Waals surface area contributed by atoms with Crippen LogP contribution in [0.3, 0.4) is 0 Å². The molecule has 0 aliphatic carbocycles. The molecule has 0 radical (unpaired) electrons. The third-order valence-corrected chi connectivity index (χ3v) is 1.58. The van der Waals surface area contributed by atoms with Gasteiger partial charge < -0.3 is 5.11 Å². The molecule has 2 unspecified atom stereocenters. The average Bonchev–Trinajstić information content (AvgIpc) is 1.58. The molecule has 2 N–H and O–H groups in total. The smallest absolute Gasteiger partial charge is 0.304 e. The Morgan fingerprint density at radius 2 is 2.30 bits per heavy atom.